The monoisotopic (exact) mass is 269 g/mol. The molecule has 0 unspecified atom stereocenters. The second-order valence-electron chi connectivity index (χ2n) is 5.70. The first kappa shape index (κ1) is 13.0. The molecule has 0 spiro atoms. The molecule has 4 heteroatoms. The van der Waals surface area contributed by atoms with Gasteiger partial charge in [-0.15, -0.1) is 0 Å². The number of piperidine rings is 1. The molecule has 0 bridgehead atoms. The van der Waals surface area contributed by atoms with Crippen LogP contribution >= 0.6 is 0 Å². The number of nitrogens with one attached hydrogen (secondary N) is 1. The van der Waals surface area contributed by atoms with Gasteiger partial charge in [-0.1, -0.05) is 0 Å². The quantitative estimate of drug-likeness (QED) is 0.913. The number of anilines is 1. The van der Waals surface area contributed by atoms with Crippen LogP contribution in [0.15, 0.2) is 24.3 Å². The predicted molar refractivity (Wildman–Crippen MR) is 77.3 cm³/mol. The van der Waals surface area contributed by atoms with Gasteiger partial charge in [0.05, 0.1) is 11.6 Å². The van der Waals surface area contributed by atoms with Gasteiger partial charge in [0, 0.05) is 30.7 Å². The third kappa shape index (κ3) is 2.93. The molecule has 20 heavy (non-hydrogen) atoms. The molecule has 4 nitrogen and oxygen atoms in total. The Morgan fingerprint density at radius 1 is 1.15 bits per heavy atom. The predicted octanol–water partition coefficient (Wildman–Crippen LogP) is 2.05. The van der Waals surface area contributed by atoms with E-state index in [1.165, 1.54) is 0 Å². The molecule has 3 rings (SSSR count). The topological polar surface area (TPSA) is 56.1 Å². The summed E-state index contributed by atoms with van der Waals surface area (Å²) < 4.78 is 0. The highest BCUT2D eigenvalue weighted by molar-refractivity contribution is 5.81. The van der Waals surface area contributed by atoms with Crippen LogP contribution < -0.4 is 10.2 Å². The van der Waals surface area contributed by atoms with E-state index in [0.29, 0.717) is 17.5 Å². The number of nitrogens with zero attached hydrogens (tertiary/aromatic N) is 2. The van der Waals surface area contributed by atoms with Gasteiger partial charge in [0.25, 0.3) is 0 Å². The summed E-state index contributed by atoms with van der Waals surface area (Å²) in [6.07, 6.45) is 4.13. The summed E-state index contributed by atoms with van der Waals surface area (Å²) >= 11 is 0. The van der Waals surface area contributed by atoms with E-state index in [1.807, 2.05) is 24.3 Å². The lowest BCUT2D eigenvalue weighted by Crippen LogP contribution is -2.45. The Bertz CT molecular complexity index is 520. The van der Waals surface area contributed by atoms with Crippen LogP contribution in [0.1, 0.15) is 31.2 Å². The summed E-state index contributed by atoms with van der Waals surface area (Å²) in [4.78, 5) is 14.1. The fourth-order valence-corrected chi connectivity index (χ4v) is 2.69. The van der Waals surface area contributed by atoms with Gasteiger partial charge in [-0.25, -0.2) is 0 Å². The molecule has 1 aliphatic carbocycles. The van der Waals surface area contributed by atoms with Gasteiger partial charge in [-0.2, -0.15) is 5.26 Å². The van der Waals surface area contributed by atoms with Gasteiger partial charge in [-0.05, 0) is 49.9 Å². The van der Waals surface area contributed by atoms with Crippen LogP contribution in [-0.2, 0) is 4.79 Å². The van der Waals surface area contributed by atoms with Crippen LogP contribution in [0.2, 0.25) is 0 Å². The minimum absolute atomic E-state index is 0.252. The van der Waals surface area contributed by atoms with E-state index in [9.17, 15) is 4.79 Å². The number of hydrogen-bond donors (Lipinski definition) is 1. The van der Waals surface area contributed by atoms with E-state index in [2.05, 4.69) is 16.3 Å². The SMILES string of the molecule is N#Cc1ccc(N2CCC(NC(=O)C3CC3)CC2)cc1. The summed E-state index contributed by atoms with van der Waals surface area (Å²) in [5.74, 6) is 0.549. The third-order valence-electron chi connectivity index (χ3n) is 4.15. The van der Waals surface area contributed by atoms with Crippen LogP contribution in [0, 0.1) is 17.2 Å². The maximum absolute atomic E-state index is 11.7. The molecule has 0 atom stereocenters. The fraction of sp³-hybridized carbons (Fsp3) is 0.500. The Morgan fingerprint density at radius 3 is 2.35 bits per heavy atom. The zero-order valence-electron chi connectivity index (χ0n) is 11.5. The Morgan fingerprint density at radius 2 is 1.80 bits per heavy atom. The molecule has 1 aliphatic heterocycles. The minimum Gasteiger partial charge on any atom is -0.371 e. The highest BCUT2D eigenvalue weighted by atomic mass is 16.2. The maximum Gasteiger partial charge on any atom is 0.223 e. The van der Waals surface area contributed by atoms with Crippen LogP contribution in [0.5, 0.6) is 0 Å². The molecular formula is C16H19N3O. The summed E-state index contributed by atoms with van der Waals surface area (Å²) in [6, 6.07) is 10.2. The maximum atomic E-state index is 11.7. The number of benzene rings is 1. The van der Waals surface area contributed by atoms with Crippen molar-refractivity contribution < 1.29 is 4.79 Å². The molecule has 1 aromatic carbocycles. The molecule has 1 N–H and O–H groups in total. The molecule has 1 amide bonds. The first-order valence-electron chi connectivity index (χ1n) is 7.32. The molecule has 0 radical (unpaired) electrons. The lowest BCUT2D eigenvalue weighted by atomic mass is 10.0. The van der Waals surface area contributed by atoms with Crippen LogP contribution in [0.4, 0.5) is 5.69 Å². The zero-order chi connectivity index (χ0) is 13.9. The lowest BCUT2D eigenvalue weighted by molar-refractivity contribution is -0.123. The molecule has 2 fully saturated rings. The summed E-state index contributed by atoms with van der Waals surface area (Å²) in [5.41, 5.74) is 1.86. The summed E-state index contributed by atoms with van der Waals surface area (Å²) in [5, 5.41) is 12.0. The normalized spacial score (nSPS) is 19.4. The van der Waals surface area contributed by atoms with Gasteiger partial charge < -0.3 is 10.2 Å². The van der Waals surface area contributed by atoms with Crippen molar-refractivity contribution in [3.63, 3.8) is 0 Å². The molecule has 1 aromatic rings. The number of rotatable bonds is 3. The van der Waals surface area contributed by atoms with Crippen molar-refractivity contribution in [1.29, 1.82) is 5.26 Å². The number of nitriles is 1. The molecule has 1 saturated heterocycles. The molecule has 0 aromatic heterocycles. The Hall–Kier alpha value is -2.02. The van der Waals surface area contributed by atoms with E-state index < -0.39 is 0 Å². The number of carbonyl (C=O) groups excluding carboxylic acids is 1. The highest BCUT2D eigenvalue weighted by Crippen LogP contribution is 2.29. The largest absolute Gasteiger partial charge is 0.371 e. The molecular weight excluding hydrogens is 250 g/mol. The summed E-state index contributed by atoms with van der Waals surface area (Å²) in [7, 11) is 0. The summed E-state index contributed by atoms with van der Waals surface area (Å²) in [6.45, 7) is 1.92. The second-order valence-corrected chi connectivity index (χ2v) is 5.70. The third-order valence-corrected chi connectivity index (χ3v) is 4.15. The minimum atomic E-state index is 0.252. The number of hydrogen-bond acceptors (Lipinski definition) is 3. The van der Waals surface area contributed by atoms with Crippen LogP contribution in [-0.4, -0.2) is 25.0 Å². The lowest BCUT2D eigenvalue weighted by Gasteiger charge is -2.34. The van der Waals surface area contributed by atoms with Crippen molar-refractivity contribution >= 4 is 11.6 Å². The number of carbonyl (C=O) groups is 1. The second kappa shape index (κ2) is 5.54. The van der Waals surface area contributed by atoms with Gasteiger partial charge >= 0.3 is 0 Å². The van der Waals surface area contributed by atoms with E-state index in [-0.39, 0.29) is 5.91 Å². The Balaban J connectivity index is 1.52. The van der Waals surface area contributed by atoms with Crippen LogP contribution in [0.25, 0.3) is 0 Å². The van der Waals surface area contributed by atoms with E-state index >= 15 is 0 Å². The average molecular weight is 269 g/mol. The van der Waals surface area contributed by atoms with Gasteiger partial charge in [0.15, 0.2) is 0 Å². The van der Waals surface area contributed by atoms with Crippen molar-refractivity contribution in [2.24, 2.45) is 5.92 Å². The van der Waals surface area contributed by atoms with Gasteiger partial charge in [0.1, 0.15) is 0 Å². The van der Waals surface area contributed by atoms with Crippen LogP contribution in [0.3, 0.4) is 0 Å². The van der Waals surface area contributed by atoms with Crippen molar-refractivity contribution in [3.8, 4) is 6.07 Å². The Labute approximate surface area is 119 Å². The molecule has 1 saturated carbocycles. The molecule has 2 aliphatic rings. The van der Waals surface area contributed by atoms with E-state index in [4.69, 9.17) is 5.26 Å². The number of amides is 1. The van der Waals surface area contributed by atoms with Gasteiger partial charge in [0.2, 0.25) is 5.91 Å². The van der Waals surface area contributed by atoms with Crippen molar-refractivity contribution in [3.05, 3.63) is 29.8 Å². The first-order chi connectivity index (χ1) is 9.76. The molecule has 104 valence electrons. The van der Waals surface area contributed by atoms with Gasteiger partial charge in [-0.3, -0.25) is 4.79 Å². The first-order valence-corrected chi connectivity index (χ1v) is 7.32. The zero-order valence-corrected chi connectivity index (χ0v) is 11.5. The molecule has 1 heterocycles. The van der Waals surface area contributed by atoms with E-state index in [0.717, 1.165) is 44.5 Å². The Kier molecular flexibility index (Phi) is 3.60. The van der Waals surface area contributed by atoms with Crippen molar-refractivity contribution in [2.75, 3.05) is 18.0 Å². The smallest absolute Gasteiger partial charge is 0.223 e. The van der Waals surface area contributed by atoms with E-state index in [1.54, 1.807) is 0 Å². The van der Waals surface area contributed by atoms with Crippen molar-refractivity contribution in [2.45, 2.75) is 31.7 Å². The highest BCUT2D eigenvalue weighted by Gasteiger charge is 2.31. The standard InChI is InChI=1S/C16H19N3O/c17-11-12-1-5-15(6-2-12)19-9-7-14(8-10-19)18-16(20)13-3-4-13/h1-2,5-6,13-14H,3-4,7-10H2,(H,18,20). The van der Waals surface area contributed by atoms with Crippen molar-refractivity contribution in [1.82, 2.24) is 5.32 Å². The fourth-order valence-electron chi connectivity index (χ4n) is 2.69. The average Bonchev–Trinajstić information content (AvgIpc) is 3.33.